The van der Waals surface area contributed by atoms with Crippen molar-refractivity contribution in [3.63, 3.8) is 0 Å². The lowest BCUT2D eigenvalue weighted by Crippen LogP contribution is -2.42. The summed E-state index contributed by atoms with van der Waals surface area (Å²) in [7, 11) is 0. The second kappa shape index (κ2) is 7.00. The number of hydrogen-bond acceptors (Lipinski definition) is 4. The van der Waals surface area contributed by atoms with Crippen molar-refractivity contribution in [3.05, 3.63) is 52.9 Å². The molecule has 3 heterocycles. The lowest BCUT2D eigenvalue weighted by molar-refractivity contribution is 0.412. The van der Waals surface area contributed by atoms with E-state index in [-0.39, 0.29) is 0 Å². The van der Waals surface area contributed by atoms with E-state index in [2.05, 4.69) is 48.2 Å². The predicted octanol–water partition coefficient (Wildman–Crippen LogP) is 3.00. The molecule has 5 heteroatoms. The molecule has 0 saturated carbocycles. The topological polar surface area (TPSA) is 41.1 Å². The van der Waals surface area contributed by atoms with Crippen LogP contribution >= 0.6 is 15.9 Å². The largest absolute Gasteiger partial charge is 0.357 e. The molecule has 0 aliphatic carbocycles. The minimum absolute atomic E-state index is 0.573. The lowest BCUT2D eigenvalue weighted by Gasteiger charge is -2.33. The zero-order valence-electron chi connectivity index (χ0n) is 11.9. The van der Waals surface area contributed by atoms with Gasteiger partial charge in [-0.05, 0) is 52.5 Å². The summed E-state index contributed by atoms with van der Waals surface area (Å²) < 4.78 is 1.03. The maximum absolute atomic E-state index is 4.42. The third-order valence-electron chi connectivity index (χ3n) is 3.82. The van der Waals surface area contributed by atoms with Gasteiger partial charge in [-0.1, -0.05) is 6.07 Å². The van der Waals surface area contributed by atoms with Crippen LogP contribution in [0.15, 0.2) is 47.3 Å². The number of rotatable bonds is 4. The molecule has 2 aromatic rings. The van der Waals surface area contributed by atoms with Gasteiger partial charge in [0.15, 0.2) is 0 Å². The van der Waals surface area contributed by atoms with Gasteiger partial charge in [-0.25, -0.2) is 4.98 Å². The maximum Gasteiger partial charge on any atom is 0.128 e. The Morgan fingerprint density at radius 1 is 1.24 bits per heavy atom. The van der Waals surface area contributed by atoms with Crippen molar-refractivity contribution < 1.29 is 0 Å². The number of nitrogens with one attached hydrogen (secondary N) is 1. The molecule has 0 spiro atoms. The second-order valence-electron chi connectivity index (χ2n) is 5.34. The molecule has 1 aliphatic heterocycles. The van der Waals surface area contributed by atoms with Gasteiger partial charge in [0.25, 0.3) is 0 Å². The van der Waals surface area contributed by atoms with E-state index in [0.29, 0.717) is 6.04 Å². The molecule has 1 saturated heterocycles. The Hall–Kier alpha value is -1.46. The van der Waals surface area contributed by atoms with E-state index in [1.165, 1.54) is 5.56 Å². The molecule has 0 amide bonds. The highest BCUT2D eigenvalue weighted by Crippen LogP contribution is 2.17. The van der Waals surface area contributed by atoms with Crippen LogP contribution in [0.2, 0.25) is 0 Å². The quantitative estimate of drug-likeness (QED) is 0.923. The molecule has 1 fully saturated rings. The van der Waals surface area contributed by atoms with Crippen LogP contribution in [-0.4, -0.2) is 29.1 Å². The van der Waals surface area contributed by atoms with Crippen molar-refractivity contribution >= 4 is 21.7 Å². The lowest BCUT2D eigenvalue weighted by atomic mass is 10.0. The third-order valence-corrected chi connectivity index (χ3v) is 4.26. The molecular formula is C16H19BrN4. The summed E-state index contributed by atoms with van der Waals surface area (Å²) in [6.45, 7) is 3.00. The Balaban J connectivity index is 1.48. The Kier molecular flexibility index (Phi) is 4.83. The molecule has 3 rings (SSSR count). The Bertz CT molecular complexity index is 567. The molecule has 1 N–H and O–H groups in total. The summed E-state index contributed by atoms with van der Waals surface area (Å²) >= 11 is 3.46. The van der Waals surface area contributed by atoms with Gasteiger partial charge < -0.3 is 10.2 Å². The summed E-state index contributed by atoms with van der Waals surface area (Å²) in [5.74, 6) is 1.09. The first-order valence-electron chi connectivity index (χ1n) is 7.30. The summed E-state index contributed by atoms with van der Waals surface area (Å²) in [6.07, 6.45) is 7.89. The number of aromatic nitrogens is 2. The maximum atomic E-state index is 4.42. The standard InChI is InChI=1S/C16H19BrN4/c17-14-9-13(10-18-12-14)11-20-15-4-7-21(8-5-15)16-3-1-2-6-19-16/h1-3,6,9-10,12,15,20H,4-5,7-8,11H2. The molecule has 110 valence electrons. The monoisotopic (exact) mass is 346 g/mol. The molecule has 0 atom stereocenters. The van der Waals surface area contributed by atoms with Crippen LogP contribution < -0.4 is 10.2 Å². The van der Waals surface area contributed by atoms with Gasteiger partial charge in [0, 0.05) is 48.7 Å². The second-order valence-corrected chi connectivity index (χ2v) is 6.26. The number of halogens is 1. The molecule has 21 heavy (non-hydrogen) atoms. The van der Waals surface area contributed by atoms with E-state index in [1.54, 1.807) is 0 Å². The molecule has 0 radical (unpaired) electrons. The van der Waals surface area contributed by atoms with Gasteiger partial charge in [-0.2, -0.15) is 0 Å². The SMILES string of the molecule is Brc1cncc(CNC2CCN(c3ccccn3)CC2)c1. The normalized spacial score (nSPS) is 16.1. The predicted molar refractivity (Wildman–Crippen MR) is 88.2 cm³/mol. The molecule has 2 aromatic heterocycles. The number of hydrogen-bond donors (Lipinski definition) is 1. The number of pyridine rings is 2. The minimum Gasteiger partial charge on any atom is -0.357 e. The first kappa shape index (κ1) is 14.5. The van der Waals surface area contributed by atoms with Gasteiger partial charge in [0.05, 0.1) is 0 Å². The smallest absolute Gasteiger partial charge is 0.128 e. The fraction of sp³-hybridized carbons (Fsp3) is 0.375. The van der Waals surface area contributed by atoms with Crippen LogP contribution in [0.5, 0.6) is 0 Å². The Morgan fingerprint density at radius 3 is 2.81 bits per heavy atom. The van der Waals surface area contributed by atoms with Crippen molar-refractivity contribution in [1.82, 2.24) is 15.3 Å². The average Bonchev–Trinajstić information content (AvgIpc) is 2.54. The molecule has 0 unspecified atom stereocenters. The average molecular weight is 347 g/mol. The zero-order chi connectivity index (χ0) is 14.5. The van der Waals surface area contributed by atoms with Crippen LogP contribution in [0.1, 0.15) is 18.4 Å². The van der Waals surface area contributed by atoms with E-state index in [0.717, 1.165) is 42.8 Å². The zero-order valence-corrected chi connectivity index (χ0v) is 13.5. The van der Waals surface area contributed by atoms with Crippen LogP contribution in [0.3, 0.4) is 0 Å². The van der Waals surface area contributed by atoms with E-state index in [4.69, 9.17) is 0 Å². The van der Waals surface area contributed by atoms with Crippen molar-refractivity contribution in [3.8, 4) is 0 Å². The van der Waals surface area contributed by atoms with Gasteiger partial charge in [0.1, 0.15) is 5.82 Å². The van der Waals surface area contributed by atoms with E-state index in [1.807, 2.05) is 30.7 Å². The van der Waals surface area contributed by atoms with Gasteiger partial charge >= 0.3 is 0 Å². The first-order valence-corrected chi connectivity index (χ1v) is 8.09. The Morgan fingerprint density at radius 2 is 2.10 bits per heavy atom. The molecular weight excluding hydrogens is 328 g/mol. The Labute approximate surface area is 133 Å². The van der Waals surface area contributed by atoms with Crippen LogP contribution in [-0.2, 0) is 6.54 Å². The number of piperidine rings is 1. The van der Waals surface area contributed by atoms with E-state index < -0.39 is 0 Å². The van der Waals surface area contributed by atoms with Gasteiger partial charge in [0.2, 0.25) is 0 Å². The minimum atomic E-state index is 0.573. The highest BCUT2D eigenvalue weighted by atomic mass is 79.9. The summed E-state index contributed by atoms with van der Waals surface area (Å²) in [5.41, 5.74) is 1.22. The third kappa shape index (κ3) is 4.02. The van der Waals surface area contributed by atoms with Crippen LogP contribution in [0, 0.1) is 0 Å². The fourth-order valence-corrected chi connectivity index (χ4v) is 3.08. The van der Waals surface area contributed by atoms with Crippen molar-refractivity contribution in [2.75, 3.05) is 18.0 Å². The van der Waals surface area contributed by atoms with Gasteiger partial charge in [-0.15, -0.1) is 0 Å². The molecule has 1 aliphatic rings. The number of anilines is 1. The van der Waals surface area contributed by atoms with E-state index >= 15 is 0 Å². The van der Waals surface area contributed by atoms with Crippen molar-refractivity contribution in [1.29, 1.82) is 0 Å². The number of nitrogens with zero attached hydrogens (tertiary/aromatic N) is 3. The van der Waals surface area contributed by atoms with Crippen LogP contribution in [0.4, 0.5) is 5.82 Å². The van der Waals surface area contributed by atoms with Gasteiger partial charge in [-0.3, -0.25) is 4.98 Å². The summed E-state index contributed by atoms with van der Waals surface area (Å²) in [5, 5.41) is 3.63. The molecule has 0 aromatic carbocycles. The van der Waals surface area contributed by atoms with E-state index in [9.17, 15) is 0 Å². The van der Waals surface area contributed by atoms with Crippen molar-refractivity contribution in [2.24, 2.45) is 0 Å². The first-order chi connectivity index (χ1) is 10.3. The molecule has 4 nitrogen and oxygen atoms in total. The van der Waals surface area contributed by atoms with Crippen molar-refractivity contribution in [2.45, 2.75) is 25.4 Å². The summed E-state index contributed by atoms with van der Waals surface area (Å²) in [4.78, 5) is 11.0. The highest BCUT2D eigenvalue weighted by molar-refractivity contribution is 9.10. The summed E-state index contributed by atoms with van der Waals surface area (Å²) in [6, 6.07) is 8.78. The van der Waals surface area contributed by atoms with Crippen LogP contribution in [0.25, 0.3) is 0 Å². The fourth-order valence-electron chi connectivity index (χ4n) is 2.67. The molecule has 0 bridgehead atoms. The highest BCUT2D eigenvalue weighted by Gasteiger charge is 2.19.